The van der Waals surface area contributed by atoms with Crippen molar-refractivity contribution in [3.63, 3.8) is 0 Å². The smallest absolute Gasteiger partial charge is 0.0258 e. The molecule has 0 saturated heterocycles. The van der Waals surface area contributed by atoms with Gasteiger partial charge in [-0.3, -0.25) is 0 Å². The van der Waals surface area contributed by atoms with E-state index in [0.717, 1.165) is 6.04 Å². The summed E-state index contributed by atoms with van der Waals surface area (Å²) < 4.78 is 0. The van der Waals surface area contributed by atoms with Crippen molar-refractivity contribution in [3.8, 4) is 0 Å². The molecule has 0 aromatic carbocycles. The molecule has 1 saturated carbocycles. The average Bonchev–Trinajstić information content (AvgIpc) is 3.00. The van der Waals surface area contributed by atoms with Crippen LogP contribution >= 0.6 is 0 Å². The molecule has 0 heterocycles. The molecule has 0 aliphatic heterocycles. The molecule has 24 heavy (non-hydrogen) atoms. The van der Waals surface area contributed by atoms with Gasteiger partial charge in [-0.05, 0) is 51.0 Å². The highest BCUT2D eigenvalue weighted by molar-refractivity contribution is 4.94. The van der Waals surface area contributed by atoms with Crippen LogP contribution in [0.25, 0.3) is 0 Å². The van der Waals surface area contributed by atoms with Crippen molar-refractivity contribution >= 4 is 0 Å². The third-order valence-electron chi connectivity index (χ3n) is 5.67. The van der Waals surface area contributed by atoms with Crippen LogP contribution in [0.15, 0.2) is 12.3 Å². The van der Waals surface area contributed by atoms with Crippen LogP contribution in [0.4, 0.5) is 0 Å². The summed E-state index contributed by atoms with van der Waals surface area (Å²) in [6, 6.07) is 1.33. The highest BCUT2D eigenvalue weighted by Crippen LogP contribution is 2.20. The summed E-state index contributed by atoms with van der Waals surface area (Å²) >= 11 is 0. The van der Waals surface area contributed by atoms with E-state index < -0.39 is 0 Å². The maximum absolute atomic E-state index is 4.20. The normalized spacial score (nSPS) is 17.2. The number of hydrogen-bond acceptors (Lipinski definition) is 2. The van der Waals surface area contributed by atoms with E-state index in [1.807, 2.05) is 0 Å². The predicted octanol–water partition coefficient (Wildman–Crippen LogP) is 6.18. The van der Waals surface area contributed by atoms with Crippen LogP contribution in [0, 0.1) is 5.41 Å². The van der Waals surface area contributed by atoms with Crippen LogP contribution in [0.2, 0.25) is 0 Å². The minimum absolute atomic E-state index is 0.372. The molecule has 0 bridgehead atoms. The zero-order valence-electron chi connectivity index (χ0n) is 17.1. The first-order chi connectivity index (χ1) is 11.4. The number of allylic oxidation sites excluding steroid dienone is 1. The lowest BCUT2D eigenvalue weighted by Gasteiger charge is -2.28. The van der Waals surface area contributed by atoms with E-state index in [-0.39, 0.29) is 0 Å². The Morgan fingerprint density at radius 1 is 0.958 bits per heavy atom. The maximum atomic E-state index is 4.20. The molecule has 1 fully saturated rings. The summed E-state index contributed by atoms with van der Waals surface area (Å²) in [6.45, 7) is 14.6. The van der Waals surface area contributed by atoms with Gasteiger partial charge in [0.05, 0.1) is 0 Å². The average molecular weight is 337 g/mol. The fourth-order valence-corrected chi connectivity index (χ4v) is 3.40. The van der Waals surface area contributed by atoms with Gasteiger partial charge in [-0.25, -0.2) is 0 Å². The van der Waals surface area contributed by atoms with Crippen molar-refractivity contribution in [2.24, 2.45) is 5.41 Å². The Hall–Kier alpha value is -0.500. The SMILES string of the molecule is C=C(CCCCCCCCCNC(C)C(C)(C)C)NC1CCCC1. The van der Waals surface area contributed by atoms with Crippen molar-refractivity contribution in [2.45, 2.75) is 117 Å². The summed E-state index contributed by atoms with van der Waals surface area (Å²) in [5.41, 5.74) is 1.65. The summed E-state index contributed by atoms with van der Waals surface area (Å²) in [6.07, 6.45) is 16.2. The zero-order valence-corrected chi connectivity index (χ0v) is 17.1. The maximum Gasteiger partial charge on any atom is 0.0258 e. The van der Waals surface area contributed by atoms with Crippen molar-refractivity contribution < 1.29 is 0 Å². The Morgan fingerprint density at radius 2 is 1.50 bits per heavy atom. The van der Waals surface area contributed by atoms with Crippen LogP contribution in [0.1, 0.15) is 105 Å². The number of hydrogen-bond donors (Lipinski definition) is 2. The van der Waals surface area contributed by atoms with Gasteiger partial charge in [-0.1, -0.05) is 72.3 Å². The Morgan fingerprint density at radius 3 is 2.08 bits per heavy atom. The minimum Gasteiger partial charge on any atom is -0.386 e. The van der Waals surface area contributed by atoms with Crippen LogP contribution in [-0.4, -0.2) is 18.6 Å². The molecule has 0 aromatic rings. The first kappa shape index (κ1) is 21.5. The van der Waals surface area contributed by atoms with E-state index >= 15 is 0 Å². The second-order valence-electron chi connectivity index (χ2n) is 9.00. The van der Waals surface area contributed by atoms with Crippen LogP contribution < -0.4 is 10.6 Å². The van der Waals surface area contributed by atoms with Gasteiger partial charge in [0, 0.05) is 17.8 Å². The van der Waals surface area contributed by atoms with Gasteiger partial charge in [-0.15, -0.1) is 0 Å². The van der Waals surface area contributed by atoms with Crippen LogP contribution in [0.5, 0.6) is 0 Å². The lowest BCUT2D eigenvalue weighted by Crippen LogP contribution is -2.38. The zero-order chi connectivity index (χ0) is 17.8. The monoisotopic (exact) mass is 336 g/mol. The molecule has 0 radical (unpaired) electrons. The molecule has 1 aliphatic carbocycles. The molecule has 0 amide bonds. The first-order valence-electron chi connectivity index (χ1n) is 10.6. The van der Waals surface area contributed by atoms with E-state index in [0.29, 0.717) is 11.5 Å². The first-order valence-corrected chi connectivity index (χ1v) is 10.6. The molecular weight excluding hydrogens is 292 g/mol. The van der Waals surface area contributed by atoms with Gasteiger partial charge in [0.15, 0.2) is 0 Å². The molecule has 0 aromatic heterocycles. The van der Waals surface area contributed by atoms with E-state index in [1.54, 1.807) is 0 Å². The molecule has 1 atom stereocenters. The second-order valence-corrected chi connectivity index (χ2v) is 9.00. The quantitative estimate of drug-likeness (QED) is 0.393. The van der Waals surface area contributed by atoms with Crippen molar-refractivity contribution in [2.75, 3.05) is 6.54 Å². The fraction of sp³-hybridized carbons (Fsp3) is 0.909. The van der Waals surface area contributed by atoms with Crippen molar-refractivity contribution in [1.29, 1.82) is 0 Å². The lowest BCUT2D eigenvalue weighted by molar-refractivity contribution is 0.285. The molecule has 1 unspecified atom stereocenters. The summed E-state index contributed by atoms with van der Waals surface area (Å²) in [5, 5.41) is 7.28. The number of rotatable bonds is 13. The molecule has 0 spiro atoms. The van der Waals surface area contributed by atoms with E-state index in [1.165, 1.54) is 89.3 Å². The summed E-state index contributed by atoms with van der Waals surface area (Å²) in [5.74, 6) is 0. The number of nitrogens with one attached hydrogen (secondary N) is 2. The van der Waals surface area contributed by atoms with Gasteiger partial charge in [-0.2, -0.15) is 0 Å². The highest BCUT2D eigenvalue weighted by atomic mass is 14.9. The van der Waals surface area contributed by atoms with Crippen LogP contribution in [-0.2, 0) is 0 Å². The fourth-order valence-electron chi connectivity index (χ4n) is 3.40. The molecule has 1 aliphatic rings. The van der Waals surface area contributed by atoms with E-state index in [2.05, 4.69) is 44.9 Å². The van der Waals surface area contributed by atoms with E-state index in [4.69, 9.17) is 0 Å². The topological polar surface area (TPSA) is 24.1 Å². The largest absolute Gasteiger partial charge is 0.386 e. The second kappa shape index (κ2) is 12.0. The third kappa shape index (κ3) is 10.4. The Kier molecular flexibility index (Phi) is 10.7. The van der Waals surface area contributed by atoms with Gasteiger partial charge in [0.25, 0.3) is 0 Å². The molecule has 2 nitrogen and oxygen atoms in total. The van der Waals surface area contributed by atoms with Crippen LogP contribution in [0.3, 0.4) is 0 Å². The number of unbranched alkanes of at least 4 members (excludes halogenated alkanes) is 6. The lowest BCUT2D eigenvalue weighted by atomic mass is 9.88. The molecule has 2 heteroatoms. The van der Waals surface area contributed by atoms with Gasteiger partial charge >= 0.3 is 0 Å². The summed E-state index contributed by atoms with van der Waals surface area (Å²) in [4.78, 5) is 0. The molecule has 2 N–H and O–H groups in total. The van der Waals surface area contributed by atoms with Gasteiger partial charge in [0.1, 0.15) is 0 Å². The van der Waals surface area contributed by atoms with E-state index in [9.17, 15) is 0 Å². The van der Waals surface area contributed by atoms with Crippen molar-refractivity contribution in [1.82, 2.24) is 10.6 Å². The van der Waals surface area contributed by atoms with Crippen molar-refractivity contribution in [3.05, 3.63) is 12.3 Å². The third-order valence-corrected chi connectivity index (χ3v) is 5.67. The minimum atomic E-state index is 0.372. The molecule has 1 rings (SSSR count). The molecular formula is C22H44N2. The van der Waals surface area contributed by atoms with Gasteiger partial charge in [0.2, 0.25) is 0 Å². The Balaban J connectivity index is 1.82. The molecule has 142 valence electrons. The van der Waals surface area contributed by atoms with Gasteiger partial charge < -0.3 is 10.6 Å². The standard InChI is InChI=1S/C22H44N2/c1-19(24-21-16-12-13-17-21)15-11-9-7-6-8-10-14-18-23-20(2)22(3,4)5/h20-21,23-24H,1,6-18H2,2-5H3. The Labute approximate surface area is 152 Å². The summed E-state index contributed by atoms with van der Waals surface area (Å²) in [7, 11) is 0. The Bertz CT molecular complexity index is 323. The highest BCUT2D eigenvalue weighted by Gasteiger charge is 2.18. The predicted molar refractivity (Wildman–Crippen MR) is 108 cm³/mol.